The summed E-state index contributed by atoms with van der Waals surface area (Å²) >= 11 is 0. The number of benzene rings is 1. The molecule has 1 aliphatic carbocycles. The van der Waals surface area contributed by atoms with Gasteiger partial charge in [0.2, 0.25) is 0 Å². The topological polar surface area (TPSA) is 63.1 Å². The Hall–Kier alpha value is -2.37. The third-order valence-electron chi connectivity index (χ3n) is 4.92. The van der Waals surface area contributed by atoms with Crippen LogP contribution >= 0.6 is 0 Å². The summed E-state index contributed by atoms with van der Waals surface area (Å²) in [5.41, 5.74) is 1.25. The first-order valence-corrected chi connectivity index (χ1v) is 8.77. The summed E-state index contributed by atoms with van der Waals surface area (Å²) in [5, 5.41) is 11.4. The minimum atomic E-state index is 0.0366. The number of likely N-dealkylation sites (tertiary alicyclic amines) is 1. The van der Waals surface area contributed by atoms with E-state index in [0.29, 0.717) is 18.5 Å². The highest BCUT2D eigenvalue weighted by Gasteiger charge is 2.34. The average molecular weight is 325 g/mol. The van der Waals surface area contributed by atoms with Crippen molar-refractivity contribution in [2.75, 3.05) is 19.6 Å². The Labute approximate surface area is 141 Å². The maximum atomic E-state index is 12.4. The number of nitrogens with zero attached hydrogens (tertiary/aromatic N) is 4. The second-order valence-corrected chi connectivity index (χ2v) is 6.73. The van der Waals surface area contributed by atoms with Crippen molar-refractivity contribution in [2.45, 2.75) is 37.6 Å². The Kier molecular flexibility index (Phi) is 4.19. The largest absolute Gasteiger partial charge is 0.338 e. The third kappa shape index (κ3) is 3.27. The van der Waals surface area contributed by atoms with Crippen LogP contribution < -0.4 is 5.32 Å². The quantitative estimate of drug-likeness (QED) is 0.918. The molecule has 1 saturated heterocycles. The summed E-state index contributed by atoms with van der Waals surface area (Å²) in [6, 6.07) is 10.6. The summed E-state index contributed by atoms with van der Waals surface area (Å²) in [5.74, 6) is 1.69. The van der Waals surface area contributed by atoms with E-state index in [0.717, 1.165) is 31.8 Å². The van der Waals surface area contributed by atoms with Crippen molar-refractivity contribution < 1.29 is 4.79 Å². The second-order valence-electron chi connectivity index (χ2n) is 6.73. The highest BCUT2D eigenvalue weighted by molar-refractivity contribution is 5.74. The molecule has 6 heteroatoms. The molecule has 1 aliphatic heterocycles. The number of carbonyl (C=O) groups excluding carboxylic acids is 1. The molecule has 1 aromatic carbocycles. The van der Waals surface area contributed by atoms with Crippen molar-refractivity contribution in [3.05, 3.63) is 48.0 Å². The number of urea groups is 1. The van der Waals surface area contributed by atoms with Gasteiger partial charge in [0, 0.05) is 25.6 Å². The lowest BCUT2D eigenvalue weighted by Crippen LogP contribution is -2.39. The van der Waals surface area contributed by atoms with E-state index in [1.165, 1.54) is 18.4 Å². The standard InChI is InChI=1S/C18H23N5O/c24-18(19-10-8-14-4-2-1-3-5-14)22-11-9-16(12-22)23-13-20-21-17(23)15-6-7-15/h1-5,13,15-16H,6-12H2,(H,19,24). The zero-order chi connectivity index (χ0) is 16.4. The highest BCUT2D eigenvalue weighted by Crippen LogP contribution is 2.40. The van der Waals surface area contributed by atoms with Gasteiger partial charge in [-0.25, -0.2) is 4.79 Å². The van der Waals surface area contributed by atoms with Crippen LogP contribution in [0.2, 0.25) is 0 Å². The molecule has 1 saturated carbocycles. The maximum absolute atomic E-state index is 12.4. The summed E-state index contributed by atoms with van der Waals surface area (Å²) in [7, 11) is 0. The molecule has 24 heavy (non-hydrogen) atoms. The van der Waals surface area contributed by atoms with Crippen molar-refractivity contribution in [3.8, 4) is 0 Å². The predicted octanol–water partition coefficient (Wildman–Crippen LogP) is 2.35. The van der Waals surface area contributed by atoms with E-state index in [1.807, 2.05) is 29.4 Å². The van der Waals surface area contributed by atoms with E-state index in [4.69, 9.17) is 0 Å². The Morgan fingerprint density at radius 1 is 1.21 bits per heavy atom. The van der Waals surface area contributed by atoms with Gasteiger partial charge in [-0.3, -0.25) is 0 Å². The lowest BCUT2D eigenvalue weighted by Gasteiger charge is -2.18. The van der Waals surface area contributed by atoms with Gasteiger partial charge in [0.1, 0.15) is 12.2 Å². The molecule has 2 fully saturated rings. The van der Waals surface area contributed by atoms with Crippen LogP contribution in [0.15, 0.2) is 36.7 Å². The van der Waals surface area contributed by atoms with Crippen LogP contribution in [-0.2, 0) is 6.42 Å². The van der Waals surface area contributed by atoms with Crippen LogP contribution in [-0.4, -0.2) is 45.3 Å². The van der Waals surface area contributed by atoms with Crippen LogP contribution in [0.3, 0.4) is 0 Å². The van der Waals surface area contributed by atoms with Crippen LogP contribution in [0.25, 0.3) is 0 Å². The normalized spacial score (nSPS) is 20.3. The highest BCUT2D eigenvalue weighted by atomic mass is 16.2. The number of nitrogens with one attached hydrogen (secondary N) is 1. The second kappa shape index (κ2) is 6.63. The number of aromatic nitrogens is 3. The SMILES string of the molecule is O=C(NCCc1ccccc1)N1CCC(n2cnnc2C2CC2)C1. The predicted molar refractivity (Wildman–Crippen MR) is 90.8 cm³/mol. The van der Waals surface area contributed by atoms with Crippen molar-refractivity contribution >= 4 is 6.03 Å². The first kappa shape index (κ1) is 15.2. The van der Waals surface area contributed by atoms with Crippen molar-refractivity contribution in [1.82, 2.24) is 25.0 Å². The van der Waals surface area contributed by atoms with Crippen LogP contribution in [0.4, 0.5) is 4.79 Å². The van der Waals surface area contributed by atoms with Crippen LogP contribution in [0.5, 0.6) is 0 Å². The molecule has 1 atom stereocenters. The molecule has 0 spiro atoms. The molecule has 2 aliphatic rings. The molecule has 2 heterocycles. The van der Waals surface area contributed by atoms with Crippen LogP contribution in [0, 0.1) is 0 Å². The minimum absolute atomic E-state index is 0.0366. The Morgan fingerprint density at radius 2 is 2.04 bits per heavy atom. The molecular weight excluding hydrogens is 302 g/mol. The molecule has 2 aromatic rings. The monoisotopic (exact) mass is 325 g/mol. The molecule has 1 unspecified atom stereocenters. The van der Waals surface area contributed by atoms with Gasteiger partial charge >= 0.3 is 6.03 Å². The van der Waals surface area contributed by atoms with Gasteiger partial charge in [-0.1, -0.05) is 30.3 Å². The van der Waals surface area contributed by atoms with Gasteiger partial charge in [-0.15, -0.1) is 10.2 Å². The molecule has 6 nitrogen and oxygen atoms in total. The number of hydrogen-bond donors (Lipinski definition) is 1. The fraction of sp³-hybridized carbons (Fsp3) is 0.500. The fourth-order valence-corrected chi connectivity index (χ4v) is 3.39. The summed E-state index contributed by atoms with van der Waals surface area (Å²) < 4.78 is 2.19. The van der Waals surface area contributed by atoms with Crippen molar-refractivity contribution in [3.63, 3.8) is 0 Å². The average Bonchev–Trinajstić information content (AvgIpc) is 3.13. The third-order valence-corrected chi connectivity index (χ3v) is 4.92. The van der Waals surface area contributed by atoms with Crippen LogP contribution in [0.1, 0.15) is 42.6 Å². The molecule has 4 rings (SSSR count). The zero-order valence-corrected chi connectivity index (χ0v) is 13.8. The van der Waals surface area contributed by atoms with Gasteiger partial charge < -0.3 is 14.8 Å². The van der Waals surface area contributed by atoms with Gasteiger partial charge in [0.05, 0.1) is 6.04 Å². The first-order chi connectivity index (χ1) is 11.8. The Bertz CT molecular complexity index is 694. The molecule has 2 amide bonds. The smallest absolute Gasteiger partial charge is 0.317 e. The van der Waals surface area contributed by atoms with E-state index < -0.39 is 0 Å². The molecule has 0 bridgehead atoms. The molecule has 1 aromatic heterocycles. The maximum Gasteiger partial charge on any atom is 0.317 e. The lowest BCUT2D eigenvalue weighted by molar-refractivity contribution is 0.207. The van der Waals surface area contributed by atoms with E-state index in [9.17, 15) is 4.79 Å². The molecule has 0 radical (unpaired) electrons. The number of carbonyl (C=O) groups is 1. The Morgan fingerprint density at radius 3 is 2.83 bits per heavy atom. The van der Waals surface area contributed by atoms with Gasteiger partial charge in [-0.2, -0.15) is 0 Å². The number of rotatable bonds is 5. The number of amides is 2. The lowest BCUT2D eigenvalue weighted by atomic mass is 10.1. The molecule has 1 N–H and O–H groups in total. The molecule has 126 valence electrons. The fourth-order valence-electron chi connectivity index (χ4n) is 3.39. The van der Waals surface area contributed by atoms with Gasteiger partial charge in [0.25, 0.3) is 0 Å². The number of hydrogen-bond acceptors (Lipinski definition) is 3. The summed E-state index contributed by atoms with van der Waals surface area (Å²) in [4.78, 5) is 14.3. The molecular formula is C18H23N5O. The van der Waals surface area contributed by atoms with Gasteiger partial charge in [0.15, 0.2) is 0 Å². The summed E-state index contributed by atoms with van der Waals surface area (Å²) in [6.07, 6.45) is 6.10. The van der Waals surface area contributed by atoms with Crippen molar-refractivity contribution in [1.29, 1.82) is 0 Å². The zero-order valence-electron chi connectivity index (χ0n) is 13.8. The van der Waals surface area contributed by atoms with E-state index in [-0.39, 0.29) is 6.03 Å². The van der Waals surface area contributed by atoms with E-state index in [1.54, 1.807) is 0 Å². The van der Waals surface area contributed by atoms with E-state index in [2.05, 4.69) is 32.2 Å². The summed E-state index contributed by atoms with van der Waals surface area (Å²) in [6.45, 7) is 2.21. The Balaban J connectivity index is 1.28. The minimum Gasteiger partial charge on any atom is -0.338 e. The van der Waals surface area contributed by atoms with E-state index >= 15 is 0 Å². The van der Waals surface area contributed by atoms with Crippen molar-refractivity contribution in [2.24, 2.45) is 0 Å². The van der Waals surface area contributed by atoms with Gasteiger partial charge in [-0.05, 0) is 31.2 Å². The first-order valence-electron chi connectivity index (χ1n) is 8.77.